The van der Waals surface area contributed by atoms with Crippen LogP contribution in [0, 0.1) is 0 Å². The van der Waals surface area contributed by atoms with Crippen LogP contribution in [0.3, 0.4) is 0 Å². The fourth-order valence-corrected chi connectivity index (χ4v) is 8.65. The molecule has 0 aromatic rings. The molecule has 2 aliphatic rings. The van der Waals surface area contributed by atoms with Crippen LogP contribution in [-0.4, -0.2) is 136 Å². The third kappa shape index (κ3) is 9.90. The van der Waals surface area contributed by atoms with E-state index in [0.29, 0.717) is 5.75 Å². The first kappa shape index (κ1) is 32.8. The number of rotatable bonds is 12. The summed E-state index contributed by atoms with van der Waals surface area (Å²) in [6.07, 6.45) is -6.69. The largest absolute Gasteiger partial charge is 0.394 e. The second kappa shape index (κ2) is 18.1. The third-order valence-corrected chi connectivity index (χ3v) is 10.8. The molecule has 2 rings (SSSR count). The van der Waals surface area contributed by atoms with Crippen LogP contribution in [0.5, 0.6) is 0 Å². The molecule has 2 radical (unpaired) electrons. The fourth-order valence-electron chi connectivity index (χ4n) is 3.59. The van der Waals surface area contributed by atoms with E-state index in [1.807, 2.05) is 6.92 Å². The van der Waals surface area contributed by atoms with Gasteiger partial charge in [0.15, 0.2) is 6.29 Å². The van der Waals surface area contributed by atoms with Crippen molar-refractivity contribution in [1.82, 2.24) is 0 Å². The van der Waals surface area contributed by atoms with Gasteiger partial charge < -0.3 is 50.0 Å². The van der Waals surface area contributed by atoms with Crippen LogP contribution in [0.1, 0.15) is 46.5 Å². The molecular weight excluding hydrogens is 575 g/mol. The number of ether oxygens (including phenoxy) is 3. The number of hydrogen-bond acceptors (Lipinski definition) is 11. The molecule has 0 saturated carbocycles. The first-order valence-corrected chi connectivity index (χ1v) is 17.3. The maximum Gasteiger partial charge on any atom is 0.187 e. The van der Waals surface area contributed by atoms with Crippen molar-refractivity contribution in [2.75, 3.05) is 19.0 Å². The van der Waals surface area contributed by atoms with E-state index in [-0.39, 0.29) is 21.1 Å². The van der Waals surface area contributed by atoms with Gasteiger partial charge in [-0.15, -0.1) is 11.8 Å². The van der Waals surface area contributed by atoms with Gasteiger partial charge in [0.05, 0.1) is 13.2 Å². The molecule has 0 spiro atoms. The molecule has 34 heavy (non-hydrogen) atoms. The van der Waals surface area contributed by atoms with Gasteiger partial charge in [0.1, 0.15) is 54.3 Å². The molecule has 2 aliphatic heterocycles. The zero-order valence-corrected chi connectivity index (χ0v) is 24.1. The van der Waals surface area contributed by atoms with Crippen LogP contribution in [0.25, 0.3) is 0 Å². The normalized spacial score (nSPS) is 38.3. The zero-order valence-electron chi connectivity index (χ0n) is 20.4. The standard InChI is InChI=1S/C14H26O10S.2C4H9.Sn/c1-2-25-14-11(21)9(19)12(6(4-16)23-14)24-13-10(20)8(18)7(17)5(3-15)22-13;2*1-3-4-2;/h5-21H,2-4H2,1H3;2*1,3-4H2,2H3;/t5-,6-,7+,8+,9-,10-,11-,12-,13+,14+;;;/m1.../s1. The van der Waals surface area contributed by atoms with Gasteiger partial charge in [0, 0.05) is 0 Å². The molecule has 0 aromatic heterocycles. The zero-order chi connectivity index (χ0) is 25.7. The number of hydrogen-bond donors (Lipinski definition) is 7. The Hall–Kier alpha value is 0.749. The molecule has 2 heterocycles. The Balaban J connectivity index is 0.000000546. The number of thioether (sulfide) groups is 1. The summed E-state index contributed by atoms with van der Waals surface area (Å²) in [6, 6.07) is 0. The molecule has 2 saturated heterocycles. The average Bonchev–Trinajstić information content (AvgIpc) is 2.84. The number of aliphatic hydroxyl groups is 7. The summed E-state index contributed by atoms with van der Waals surface area (Å²) in [5, 5.41) is 68.7. The van der Waals surface area contributed by atoms with Crippen molar-refractivity contribution in [1.29, 1.82) is 0 Å². The third-order valence-electron chi connectivity index (χ3n) is 5.71. The van der Waals surface area contributed by atoms with E-state index in [0.717, 1.165) is 0 Å². The van der Waals surface area contributed by atoms with Crippen LogP contribution in [0.4, 0.5) is 0 Å². The fraction of sp³-hybridized carbons (Fsp3) is 1.00. The van der Waals surface area contributed by atoms with Crippen LogP contribution < -0.4 is 0 Å². The molecule has 10 atom stereocenters. The minimum absolute atomic E-state index is 0.149. The van der Waals surface area contributed by atoms with Crippen molar-refractivity contribution < 1.29 is 50.0 Å². The molecule has 0 aromatic carbocycles. The molecular formula is C22H44O10SSn. The van der Waals surface area contributed by atoms with Crippen molar-refractivity contribution in [2.24, 2.45) is 0 Å². The van der Waals surface area contributed by atoms with E-state index >= 15 is 0 Å². The summed E-state index contributed by atoms with van der Waals surface area (Å²) in [6.45, 7) is 5.28. The molecule has 0 aliphatic carbocycles. The molecule has 12 heteroatoms. The summed E-state index contributed by atoms with van der Waals surface area (Å²) < 4.78 is 19.4. The van der Waals surface area contributed by atoms with E-state index in [1.54, 1.807) is 8.87 Å². The van der Waals surface area contributed by atoms with E-state index in [4.69, 9.17) is 14.2 Å². The molecule has 0 unspecified atom stereocenters. The summed E-state index contributed by atoms with van der Waals surface area (Å²) in [7, 11) is 0. The van der Waals surface area contributed by atoms with Crippen LogP contribution >= 0.6 is 11.8 Å². The molecule has 10 nitrogen and oxygen atoms in total. The van der Waals surface area contributed by atoms with E-state index < -0.39 is 73.8 Å². The van der Waals surface area contributed by atoms with Gasteiger partial charge in [-0.3, -0.25) is 0 Å². The molecule has 202 valence electrons. The van der Waals surface area contributed by atoms with Crippen molar-refractivity contribution in [3.8, 4) is 0 Å². The van der Waals surface area contributed by atoms with Gasteiger partial charge in [-0.05, 0) is 5.75 Å². The molecule has 7 N–H and O–H groups in total. The molecule has 2 fully saturated rings. The SMILES string of the molecule is CCC[CH2][Sn][CH2]CCC.CCS[C@@H]1O[C@H](CO)[C@@H](O[C@@H]2O[C@H](CO)[C@H](O)[C@H](O)[C@H]2O)[C@H](O)[C@H]1O. The van der Waals surface area contributed by atoms with Crippen LogP contribution in [0.2, 0.25) is 8.87 Å². The van der Waals surface area contributed by atoms with Gasteiger partial charge in [-0.25, -0.2) is 0 Å². The van der Waals surface area contributed by atoms with Crippen molar-refractivity contribution in [3.63, 3.8) is 0 Å². The Bertz CT molecular complexity index is 512. The average molecular weight is 619 g/mol. The number of unbranched alkanes of at least 4 members (excludes halogenated alkanes) is 2. The Morgan fingerprint density at radius 1 is 0.735 bits per heavy atom. The summed E-state index contributed by atoms with van der Waals surface area (Å²) in [5.41, 5.74) is -0.758. The maximum absolute atomic E-state index is 10.3. The van der Waals surface area contributed by atoms with Gasteiger partial charge in [-0.2, -0.15) is 0 Å². The van der Waals surface area contributed by atoms with E-state index in [1.165, 1.54) is 37.4 Å². The Labute approximate surface area is 217 Å². The van der Waals surface area contributed by atoms with Crippen LogP contribution in [-0.2, 0) is 14.2 Å². The predicted octanol–water partition coefficient (Wildman–Crippen LogP) is -0.509. The van der Waals surface area contributed by atoms with Gasteiger partial charge in [-0.1, -0.05) is 6.92 Å². The minimum Gasteiger partial charge on any atom is -0.394 e. The summed E-state index contributed by atoms with van der Waals surface area (Å²) >= 11 is 1.40. The van der Waals surface area contributed by atoms with Gasteiger partial charge in [0.25, 0.3) is 0 Å². The maximum atomic E-state index is 10.3. The monoisotopic (exact) mass is 620 g/mol. The van der Waals surface area contributed by atoms with Gasteiger partial charge >= 0.3 is 69.5 Å². The van der Waals surface area contributed by atoms with E-state index in [9.17, 15) is 35.7 Å². The Kier molecular flexibility index (Phi) is 17.4. The van der Waals surface area contributed by atoms with Crippen molar-refractivity contribution in [3.05, 3.63) is 0 Å². The topological polar surface area (TPSA) is 169 Å². The van der Waals surface area contributed by atoms with Gasteiger partial charge in [0.2, 0.25) is 0 Å². The minimum atomic E-state index is -1.66. The van der Waals surface area contributed by atoms with E-state index in [2.05, 4.69) is 13.8 Å². The smallest absolute Gasteiger partial charge is 0.187 e. The van der Waals surface area contributed by atoms with Crippen LogP contribution in [0.15, 0.2) is 0 Å². The molecule has 0 amide bonds. The second-order valence-electron chi connectivity index (χ2n) is 8.42. The number of aliphatic hydroxyl groups excluding tert-OH is 7. The quantitative estimate of drug-likeness (QED) is 0.111. The molecule has 0 bridgehead atoms. The Morgan fingerprint density at radius 2 is 1.32 bits per heavy atom. The first-order valence-electron chi connectivity index (χ1n) is 12.2. The summed E-state index contributed by atoms with van der Waals surface area (Å²) in [5.74, 6) is 0.616. The van der Waals surface area contributed by atoms with Crippen molar-refractivity contribution in [2.45, 2.75) is 116 Å². The predicted molar refractivity (Wildman–Crippen MR) is 130 cm³/mol. The van der Waals surface area contributed by atoms with Crippen molar-refractivity contribution >= 4 is 32.9 Å². The first-order chi connectivity index (χ1) is 16.3. The summed E-state index contributed by atoms with van der Waals surface area (Å²) in [4.78, 5) is 0. The Morgan fingerprint density at radius 3 is 1.82 bits per heavy atom. The second-order valence-corrected chi connectivity index (χ2v) is 14.1.